The fourth-order valence-corrected chi connectivity index (χ4v) is 3.74. The molecule has 0 saturated carbocycles. The van der Waals surface area contributed by atoms with Gasteiger partial charge in [-0.25, -0.2) is 4.98 Å². The molecule has 2 aliphatic rings. The summed E-state index contributed by atoms with van der Waals surface area (Å²) in [5.74, 6) is -0.238. The topological polar surface area (TPSA) is 82.2 Å². The molecule has 1 saturated heterocycles. The van der Waals surface area contributed by atoms with Crippen LogP contribution in [0.2, 0.25) is 0 Å². The molecule has 1 unspecified atom stereocenters. The summed E-state index contributed by atoms with van der Waals surface area (Å²) in [5.41, 5.74) is 2.18. The van der Waals surface area contributed by atoms with Crippen LogP contribution in [-0.2, 0) is 22.6 Å². The van der Waals surface area contributed by atoms with Crippen LogP contribution in [0.4, 0.5) is 5.13 Å². The molecule has 2 aromatic rings. The minimum Gasteiger partial charge on any atom is -0.338 e. The fourth-order valence-electron chi connectivity index (χ4n) is 3.08. The normalized spacial score (nSPS) is 21.3. The van der Waals surface area contributed by atoms with Gasteiger partial charge in [-0.3, -0.25) is 19.6 Å². The van der Waals surface area contributed by atoms with Crippen molar-refractivity contribution in [1.29, 1.82) is 0 Å². The SMILES string of the molecule is O=C(C1CC(=O)N(c2nccs2)C1)N1CCc2[nH]ncc2C1. The van der Waals surface area contributed by atoms with Gasteiger partial charge in [0.05, 0.1) is 12.1 Å². The second-order valence-electron chi connectivity index (χ2n) is 5.60. The second-order valence-corrected chi connectivity index (χ2v) is 6.48. The Bertz CT molecular complexity index is 711. The van der Waals surface area contributed by atoms with Gasteiger partial charge in [0.25, 0.3) is 0 Å². The van der Waals surface area contributed by atoms with Gasteiger partial charge >= 0.3 is 0 Å². The Morgan fingerprint density at radius 2 is 2.36 bits per heavy atom. The first-order chi connectivity index (χ1) is 10.7. The summed E-state index contributed by atoms with van der Waals surface area (Å²) < 4.78 is 0. The number of carbonyl (C=O) groups is 2. The van der Waals surface area contributed by atoms with Crippen molar-refractivity contribution in [2.75, 3.05) is 18.0 Å². The Kier molecular flexibility index (Phi) is 3.18. The van der Waals surface area contributed by atoms with E-state index in [0.29, 0.717) is 24.8 Å². The molecule has 0 aliphatic carbocycles. The van der Waals surface area contributed by atoms with Crippen molar-refractivity contribution in [2.24, 2.45) is 5.92 Å². The summed E-state index contributed by atoms with van der Waals surface area (Å²) in [6, 6.07) is 0. The van der Waals surface area contributed by atoms with E-state index in [9.17, 15) is 9.59 Å². The van der Waals surface area contributed by atoms with Gasteiger partial charge in [0.1, 0.15) is 0 Å². The average Bonchev–Trinajstić information content (AvgIpc) is 3.25. The van der Waals surface area contributed by atoms with E-state index in [1.807, 2.05) is 10.3 Å². The van der Waals surface area contributed by atoms with Crippen molar-refractivity contribution in [3.63, 3.8) is 0 Å². The first-order valence-electron chi connectivity index (χ1n) is 7.22. The third-order valence-electron chi connectivity index (χ3n) is 4.24. The van der Waals surface area contributed by atoms with Crippen LogP contribution in [0.15, 0.2) is 17.8 Å². The largest absolute Gasteiger partial charge is 0.338 e. The van der Waals surface area contributed by atoms with Crippen molar-refractivity contribution >= 4 is 28.3 Å². The van der Waals surface area contributed by atoms with Gasteiger partial charge in [-0.1, -0.05) is 0 Å². The quantitative estimate of drug-likeness (QED) is 0.888. The Morgan fingerprint density at radius 1 is 1.45 bits per heavy atom. The van der Waals surface area contributed by atoms with Crippen LogP contribution in [-0.4, -0.2) is 45.0 Å². The molecule has 8 heteroatoms. The maximum atomic E-state index is 12.7. The molecule has 1 atom stereocenters. The number of aromatic amines is 1. The zero-order valence-electron chi connectivity index (χ0n) is 11.9. The number of nitrogens with zero attached hydrogens (tertiary/aromatic N) is 4. The van der Waals surface area contributed by atoms with Crippen LogP contribution in [0.3, 0.4) is 0 Å². The molecular formula is C14H15N5O2S. The highest BCUT2D eigenvalue weighted by molar-refractivity contribution is 7.13. The Morgan fingerprint density at radius 3 is 3.18 bits per heavy atom. The molecule has 4 rings (SSSR count). The van der Waals surface area contributed by atoms with Gasteiger partial charge < -0.3 is 4.90 Å². The predicted molar refractivity (Wildman–Crippen MR) is 80.3 cm³/mol. The van der Waals surface area contributed by atoms with Crippen molar-refractivity contribution in [3.05, 3.63) is 29.0 Å². The lowest BCUT2D eigenvalue weighted by molar-refractivity contribution is -0.136. The van der Waals surface area contributed by atoms with Crippen LogP contribution < -0.4 is 4.90 Å². The van der Waals surface area contributed by atoms with Gasteiger partial charge in [-0.2, -0.15) is 5.10 Å². The smallest absolute Gasteiger partial charge is 0.229 e. The lowest BCUT2D eigenvalue weighted by atomic mass is 10.0. The number of anilines is 1. The third-order valence-corrected chi connectivity index (χ3v) is 5.03. The number of H-pyrrole nitrogens is 1. The third kappa shape index (κ3) is 2.19. The molecule has 0 bridgehead atoms. The first-order valence-corrected chi connectivity index (χ1v) is 8.10. The summed E-state index contributed by atoms with van der Waals surface area (Å²) in [7, 11) is 0. The number of rotatable bonds is 2. The highest BCUT2D eigenvalue weighted by Gasteiger charge is 2.38. The van der Waals surface area contributed by atoms with Gasteiger partial charge in [-0.05, 0) is 0 Å². The molecule has 2 amide bonds. The van der Waals surface area contributed by atoms with Gasteiger partial charge in [-0.15, -0.1) is 11.3 Å². The molecule has 2 aromatic heterocycles. The van der Waals surface area contributed by atoms with Gasteiger partial charge in [0.15, 0.2) is 5.13 Å². The van der Waals surface area contributed by atoms with Crippen molar-refractivity contribution in [3.8, 4) is 0 Å². The van der Waals surface area contributed by atoms with E-state index < -0.39 is 0 Å². The number of aromatic nitrogens is 3. The number of hydrogen-bond acceptors (Lipinski definition) is 5. The molecule has 1 fully saturated rings. The minimum absolute atomic E-state index is 0.0192. The van der Waals surface area contributed by atoms with E-state index in [1.54, 1.807) is 17.3 Å². The molecule has 2 aliphatic heterocycles. The minimum atomic E-state index is -0.273. The number of thiazole rings is 1. The van der Waals surface area contributed by atoms with Crippen molar-refractivity contribution in [1.82, 2.24) is 20.1 Å². The van der Waals surface area contributed by atoms with E-state index in [0.717, 1.165) is 17.7 Å². The molecule has 0 radical (unpaired) electrons. The molecule has 114 valence electrons. The Balaban J connectivity index is 1.47. The van der Waals surface area contributed by atoms with Gasteiger partial charge in [0, 0.05) is 55.3 Å². The number of amides is 2. The molecule has 0 aromatic carbocycles. The lowest BCUT2D eigenvalue weighted by Crippen LogP contribution is -2.40. The molecule has 1 N–H and O–H groups in total. The number of carbonyl (C=O) groups excluding carboxylic acids is 2. The predicted octanol–water partition coefficient (Wildman–Crippen LogP) is 0.804. The van der Waals surface area contributed by atoms with Gasteiger partial charge in [0.2, 0.25) is 11.8 Å². The second kappa shape index (κ2) is 5.20. The van der Waals surface area contributed by atoms with Crippen molar-refractivity contribution < 1.29 is 9.59 Å². The maximum absolute atomic E-state index is 12.7. The average molecular weight is 317 g/mol. The lowest BCUT2D eigenvalue weighted by Gasteiger charge is -2.28. The summed E-state index contributed by atoms with van der Waals surface area (Å²) in [6.07, 6.45) is 4.51. The standard InChI is InChI=1S/C14H15N5O2S/c20-12-5-9(8-19(12)14-15-2-4-22-14)13(21)18-3-1-11-10(7-18)6-16-17-11/h2,4,6,9H,1,3,5,7-8H2,(H,16,17). The first kappa shape index (κ1) is 13.4. The van der Waals surface area contributed by atoms with Crippen LogP contribution in [0.25, 0.3) is 0 Å². The van der Waals surface area contributed by atoms with Crippen LogP contribution in [0.5, 0.6) is 0 Å². The maximum Gasteiger partial charge on any atom is 0.229 e. The fraction of sp³-hybridized carbons (Fsp3) is 0.429. The van der Waals surface area contributed by atoms with E-state index in [1.165, 1.54) is 11.3 Å². The summed E-state index contributed by atoms with van der Waals surface area (Å²) in [4.78, 5) is 32.5. The number of nitrogens with one attached hydrogen (secondary N) is 1. The highest BCUT2D eigenvalue weighted by atomic mass is 32.1. The Hall–Kier alpha value is -2.22. The zero-order valence-corrected chi connectivity index (χ0v) is 12.7. The molecule has 22 heavy (non-hydrogen) atoms. The Labute approximate surface area is 130 Å². The van der Waals surface area contributed by atoms with Crippen molar-refractivity contribution in [2.45, 2.75) is 19.4 Å². The highest BCUT2D eigenvalue weighted by Crippen LogP contribution is 2.28. The monoisotopic (exact) mass is 317 g/mol. The van der Waals surface area contributed by atoms with Crippen LogP contribution in [0, 0.1) is 5.92 Å². The van der Waals surface area contributed by atoms with E-state index in [2.05, 4.69) is 15.2 Å². The molecule has 4 heterocycles. The summed E-state index contributed by atoms with van der Waals surface area (Å²) in [5, 5.41) is 9.50. The number of fused-ring (bicyclic) bond motifs is 1. The summed E-state index contributed by atoms with van der Waals surface area (Å²) >= 11 is 1.42. The van der Waals surface area contributed by atoms with Crippen LogP contribution >= 0.6 is 11.3 Å². The van der Waals surface area contributed by atoms with E-state index >= 15 is 0 Å². The molecular weight excluding hydrogens is 302 g/mol. The molecule has 0 spiro atoms. The summed E-state index contributed by atoms with van der Waals surface area (Å²) in [6.45, 7) is 1.68. The molecule has 7 nitrogen and oxygen atoms in total. The van der Waals surface area contributed by atoms with Crippen LogP contribution in [0.1, 0.15) is 17.7 Å². The number of hydrogen-bond donors (Lipinski definition) is 1. The van der Waals surface area contributed by atoms with E-state index in [4.69, 9.17) is 0 Å². The van der Waals surface area contributed by atoms with E-state index in [-0.39, 0.29) is 24.2 Å². The zero-order chi connectivity index (χ0) is 15.1.